The molecule has 4 rings (SSSR count). The average molecular weight is 448 g/mol. The van der Waals surface area contributed by atoms with Crippen LogP contribution in [0.5, 0.6) is 0 Å². The second-order valence-electron chi connectivity index (χ2n) is 6.37. The molecule has 2 heterocycles. The minimum absolute atomic E-state index is 0.592. The topological polar surface area (TPSA) is 29.3 Å². The van der Waals surface area contributed by atoms with E-state index in [1.807, 2.05) is 18.2 Å². The molecule has 144 valence electrons. The lowest BCUT2D eigenvalue weighted by molar-refractivity contribution is 0.673. The number of thioether (sulfide) groups is 1. The molecule has 0 radical (unpaired) electrons. The highest BCUT2D eigenvalue weighted by Crippen LogP contribution is 2.28. The summed E-state index contributed by atoms with van der Waals surface area (Å²) >= 11 is 15.5. The Hall–Kier alpha value is -1.50. The first-order chi connectivity index (χ1) is 13.7. The first-order valence-corrected chi connectivity index (χ1v) is 11.8. The SMILES string of the molecule is CSc1ccc(-c2nc3sccn3c2CNCCc2ccc(Cl)c(Cl)c2)cc1. The van der Waals surface area contributed by atoms with Gasteiger partial charge in [-0.3, -0.25) is 4.40 Å². The van der Waals surface area contributed by atoms with Crippen molar-refractivity contribution in [2.75, 3.05) is 12.8 Å². The van der Waals surface area contributed by atoms with Gasteiger partial charge in [0, 0.05) is 28.6 Å². The Morgan fingerprint density at radius 3 is 2.68 bits per heavy atom. The van der Waals surface area contributed by atoms with Gasteiger partial charge in [-0.25, -0.2) is 4.98 Å². The first kappa shape index (κ1) is 19.8. The molecule has 7 heteroatoms. The Morgan fingerprint density at radius 1 is 1.11 bits per heavy atom. The van der Waals surface area contributed by atoms with Crippen molar-refractivity contribution in [3.05, 3.63) is 75.3 Å². The standard InChI is InChI=1S/C21H19Cl2N3S2/c1-27-16-5-3-15(4-6-16)20-19(26-10-11-28-21(26)25-20)13-24-9-8-14-2-7-17(22)18(23)12-14/h2-7,10-12,24H,8-9,13H2,1H3. The van der Waals surface area contributed by atoms with Crippen molar-refractivity contribution in [1.29, 1.82) is 0 Å². The van der Waals surface area contributed by atoms with Crippen LogP contribution in [0, 0.1) is 0 Å². The van der Waals surface area contributed by atoms with E-state index in [0.717, 1.165) is 35.7 Å². The number of imidazole rings is 1. The van der Waals surface area contributed by atoms with Gasteiger partial charge >= 0.3 is 0 Å². The van der Waals surface area contributed by atoms with E-state index in [0.29, 0.717) is 10.0 Å². The summed E-state index contributed by atoms with van der Waals surface area (Å²) in [5, 5.41) is 6.82. The molecule has 0 aliphatic rings. The third-order valence-corrected chi connectivity index (χ3v) is 6.83. The normalized spacial score (nSPS) is 11.4. The van der Waals surface area contributed by atoms with Gasteiger partial charge in [-0.15, -0.1) is 23.1 Å². The third kappa shape index (κ3) is 4.24. The van der Waals surface area contributed by atoms with Gasteiger partial charge in [-0.1, -0.05) is 41.4 Å². The molecule has 0 fully saturated rings. The van der Waals surface area contributed by atoms with Crippen molar-refractivity contribution >= 4 is 51.3 Å². The van der Waals surface area contributed by atoms with Gasteiger partial charge in [0.2, 0.25) is 0 Å². The summed E-state index contributed by atoms with van der Waals surface area (Å²) in [5.41, 5.74) is 4.54. The Bertz CT molecular complexity index is 1090. The van der Waals surface area contributed by atoms with Crippen LogP contribution in [0.4, 0.5) is 0 Å². The highest BCUT2D eigenvalue weighted by Gasteiger charge is 2.14. The predicted octanol–water partition coefficient (Wildman–Crippen LogP) is 6.42. The van der Waals surface area contributed by atoms with Crippen LogP contribution in [-0.4, -0.2) is 22.2 Å². The molecule has 28 heavy (non-hydrogen) atoms. The van der Waals surface area contributed by atoms with Gasteiger partial charge < -0.3 is 5.32 Å². The average Bonchev–Trinajstić information content (AvgIpc) is 3.30. The van der Waals surface area contributed by atoms with Crippen molar-refractivity contribution in [3.63, 3.8) is 0 Å². The number of nitrogens with one attached hydrogen (secondary N) is 1. The summed E-state index contributed by atoms with van der Waals surface area (Å²) in [7, 11) is 0. The summed E-state index contributed by atoms with van der Waals surface area (Å²) in [4.78, 5) is 7.13. The molecule has 4 aromatic rings. The quantitative estimate of drug-likeness (QED) is 0.261. The second-order valence-corrected chi connectivity index (χ2v) is 8.93. The molecule has 0 bridgehead atoms. The molecule has 0 spiro atoms. The first-order valence-electron chi connectivity index (χ1n) is 8.89. The number of fused-ring (bicyclic) bond motifs is 1. The van der Waals surface area contributed by atoms with E-state index < -0.39 is 0 Å². The van der Waals surface area contributed by atoms with Crippen LogP contribution >= 0.6 is 46.3 Å². The van der Waals surface area contributed by atoms with Crippen molar-refractivity contribution in [1.82, 2.24) is 14.7 Å². The van der Waals surface area contributed by atoms with E-state index in [1.165, 1.54) is 16.2 Å². The van der Waals surface area contributed by atoms with E-state index >= 15 is 0 Å². The van der Waals surface area contributed by atoms with Gasteiger partial charge in [0.05, 0.1) is 21.4 Å². The van der Waals surface area contributed by atoms with Crippen LogP contribution in [0.25, 0.3) is 16.2 Å². The molecule has 3 nitrogen and oxygen atoms in total. The Labute approximate surface area is 182 Å². The number of thiazole rings is 1. The van der Waals surface area contributed by atoms with E-state index in [-0.39, 0.29) is 0 Å². The molecule has 1 N–H and O–H groups in total. The van der Waals surface area contributed by atoms with E-state index in [9.17, 15) is 0 Å². The number of nitrogens with zero attached hydrogens (tertiary/aromatic N) is 2. The van der Waals surface area contributed by atoms with Gasteiger partial charge in [0.1, 0.15) is 0 Å². The van der Waals surface area contributed by atoms with Crippen LogP contribution < -0.4 is 5.32 Å². The highest BCUT2D eigenvalue weighted by molar-refractivity contribution is 7.98. The lowest BCUT2D eigenvalue weighted by Crippen LogP contribution is -2.18. The molecule has 0 aliphatic heterocycles. The van der Waals surface area contributed by atoms with Crippen LogP contribution in [0.1, 0.15) is 11.3 Å². The molecular weight excluding hydrogens is 429 g/mol. The van der Waals surface area contributed by atoms with Gasteiger partial charge in [-0.2, -0.15) is 0 Å². The minimum Gasteiger partial charge on any atom is -0.311 e. The van der Waals surface area contributed by atoms with Crippen molar-refractivity contribution < 1.29 is 0 Å². The largest absolute Gasteiger partial charge is 0.311 e. The van der Waals surface area contributed by atoms with E-state index in [2.05, 4.69) is 51.8 Å². The zero-order valence-electron chi connectivity index (χ0n) is 15.3. The fraction of sp³-hybridized carbons (Fsp3) is 0.190. The number of hydrogen-bond donors (Lipinski definition) is 1. The molecule has 0 atom stereocenters. The summed E-state index contributed by atoms with van der Waals surface area (Å²) in [6.07, 6.45) is 5.06. The molecule has 0 amide bonds. The highest BCUT2D eigenvalue weighted by atomic mass is 35.5. The van der Waals surface area contributed by atoms with Crippen molar-refractivity contribution in [2.24, 2.45) is 0 Å². The van der Waals surface area contributed by atoms with Gasteiger partial charge in [-0.05, 0) is 49.1 Å². The van der Waals surface area contributed by atoms with E-state index in [1.54, 1.807) is 23.1 Å². The molecule has 0 unspecified atom stereocenters. The molecule has 2 aromatic heterocycles. The summed E-state index contributed by atoms with van der Waals surface area (Å²) in [6, 6.07) is 14.4. The van der Waals surface area contributed by atoms with Gasteiger partial charge in [0.15, 0.2) is 4.96 Å². The van der Waals surface area contributed by atoms with Crippen molar-refractivity contribution in [2.45, 2.75) is 17.9 Å². The number of hydrogen-bond acceptors (Lipinski definition) is 4. The number of rotatable bonds is 7. The fourth-order valence-electron chi connectivity index (χ4n) is 3.12. The van der Waals surface area contributed by atoms with Gasteiger partial charge in [0.25, 0.3) is 0 Å². The molecule has 0 saturated carbocycles. The minimum atomic E-state index is 0.592. The third-order valence-electron chi connectivity index (χ3n) is 4.59. The maximum atomic E-state index is 6.11. The van der Waals surface area contributed by atoms with Crippen molar-refractivity contribution in [3.8, 4) is 11.3 Å². The summed E-state index contributed by atoms with van der Waals surface area (Å²) in [5.74, 6) is 0. The smallest absolute Gasteiger partial charge is 0.194 e. The predicted molar refractivity (Wildman–Crippen MR) is 122 cm³/mol. The zero-order valence-corrected chi connectivity index (χ0v) is 18.4. The fourth-order valence-corrected chi connectivity index (χ4v) is 4.58. The number of halogens is 2. The van der Waals surface area contributed by atoms with Crippen LogP contribution in [-0.2, 0) is 13.0 Å². The molecule has 2 aromatic carbocycles. The monoisotopic (exact) mass is 447 g/mol. The number of benzene rings is 2. The lowest BCUT2D eigenvalue weighted by atomic mass is 10.1. The summed E-state index contributed by atoms with van der Waals surface area (Å²) < 4.78 is 2.18. The lowest BCUT2D eigenvalue weighted by Gasteiger charge is -2.08. The number of aromatic nitrogens is 2. The Balaban J connectivity index is 1.49. The summed E-state index contributed by atoms with van der Waals surface area (Å²) in [6.45, 7) is 1.60. The Morgan fingerprint density at radius 2 is 1.93 bits per heavy atom. The Kier molecular flexibility index (Phi) is 6.28. The maximum absolute atomic E-state index is 6.11. The zero-order chi connectivity index (χ0) is 19.5. The van der Waals surface area contributed by atoms with Crippen LogP contribution in [0.15, 0.2) is 58.9 Å². The maximum Gasteiger partial charge on any atom is 0.194 e. The molecule has 0 saturated heterocycles. The van der Waals surface area contributed by atoms with Crippen LogP contribution in [0.3, 0.4) is 0 Å². The van der Waals surface area contributed by atoms with Crippen LogP contribution in [0.2, 0.25) is 10.0 Å². The molecular formula is C21H19Cl2N3S2. The second kappa shape index (κ2) is 8.89. The molecule has 0 aliphatic carbocycles. The van der Waals surface area contributed by atoms with E-state index in [4.69, 9.17) is 28.2 Å².